The highest BCUT2D eigenvalue weighted by Crippen LogP contribution is 2.75. The molecule has 1 N–H and O–H groups in total. The summed E-state index contributed by atoms with van der Waals surface area (Å²) >= 11 is 0. The van der Waals surface area contributed by atoms with E-state index in [0.29, 0.717) is 47.3 Å². The zero-order chi connectivity index (χ0) is 37.1. The first-order chi connectivity index (χ1) is 27.8. The van der Waals surface area contributed by atoms with Gasteiger partial charge in [0.2, 0.25) is 0 Å². The summed E-state index contributed by atoms with van der Waals surface area (Å²) in [7, 11) is 0. The zero-order valence-corrected chi connectivity index (χ0v) is 34.2. The number of allylic oxidation sites excluding steroid dienone is 17. The molecule has 11 aliphatic rings. The minimum absolute atomic E-state index is 0.322. The average Bonchev–Trinajstić information content (AvgIpc) is 3.98. The topological polar surface area (TPSA) is 15.3 Å². The van der Waals surface area contributed by atoms with E-state index in [1.54, 1.807) is 22.4 Å². The smallest absolute Gasteiger partial charge is 0.0476 e. The van der Waals surface area contributed by atoms with Gasteiger partial charge in [0.05, 0.1) is 0 Å². The van der Waals surface area contributed by atoms with Gasteiger partial charge in [-0.05, 0) is 174 Å². The van der Waals surface area contributed by atoms with E-state index < -0.39 is 0 Å². The van der Waals surface area contributed by atoms with E-state index in [1.807, 2.05) is 11.1 Å². The lowest BCUT2D eigenvalue weighted by Gasteiger charge is -2.52. The number of nitrogens with one attached hydrogen (secondary N) is 1. The summed E-state index contributed by atoms with van der Waals surface area (Å²) in [5.41, 5.74) is 10.8. The van der Waals surface area contributed by atoms with Crippen LogP contribution in [0.2, 0.25) is 0 Å². The second-order valence-corrected chi connectivity index (χ2v) is 19.9. The molecule has 0 amide bonds. The molecule has 3 fully saturated rings. The zero-order valence-electron chi connectivity index (χ0n) is 34.2. The fraction of sp³-hybridized carbons (Fsp3) is 0.593. The Hall–Kier alpha value is -3.10. The SMILES string of the molecule is C1=CCC(C2=C(N(C3C=CCCC3)C3CCC4C5CCCCC5C5(C6=C(C(C7CCC=CC7NC7CC=CCC7)=CCC6)C6C=CC=CC65)C4C3)C=CCC2)=C1. The number of fused-ring (bicyclic) bond motifs is 9. The van der Waals surface area contributed by atoms with Crippen molar-refractivity contribution in [3.8, 4) is 0 Å². The van der Waals surface area contributed by atoms with E-state index in [0.717, 1.165) is 30.1 Å². The molecule has 2 nitrogen and oxygen atoms in total. The predicted molar refractivity (Wildman–Crippen MR) is 234 cm³/mol. The molecule has 56 heavy (non-hydrogen) atoms. The van der Waals surface area contributed by atoms with Crippen molar-refractivity contribution in [3.05, 3.63) is 131 Å². The van der Waals surface area contributed by atoms with Crippen LogP contribution in [0.4, 0.5) is 0 Å². The van der Waals surface area contributed by atoms with Gasteiger partial charge in [-0.25, -0.2) is 0 Å². The molecule has 0 radical (unpaired) electrons. The number of hydrogen-bond acceptors (Lipinski definition) is 2. The molecule has 11 rings (SSSR count). The van der Waals surface area contributed by atoms with Crippen LogP contribution in [0.15, 0.2) is 131 Å². The number of hydrogen-bond donors (Lipinski definition) is 1. The average molecular weight is 745 g/mol. The summed E-state index contributed by atoms with van der Waals surface area (Å²) < 4.78 is 0. The molecule has 3 saturated carbocycles. The van der Waals surface area contributed by atoms with Crippen LogP contribution in [-0.2, 0) is 0 Å². The van der Waals surface area contributed by atoms with E-state index >= 15 is 0 Å². The van der Waals surface area contributed by atoms with Crippen molar-refractivity contribution >= 4 is 0 Å². The van der Waals surface area contributed by atoms with Gasteiger partial charge >= 0.3 is 0 Å². The highest BCUT2D eigenvalue weighted by molar-refractivity contribution is 5.56. The third-order valence-corrected chi connectivity index (χ3v) is 17.5. The third-order valence-electron chi connectivity index (χ3n) is 17.5. The van der Waals surface area contributed by atoms with Crippen LogP contribution >= 0.6 is 0 Å². The van der Waals surface area contributed by atoms with Gasteiger partial charge < -0.3 is 10.2 Å². The van der Waals surface area contributed by atoms with E-state index in [4.69, 9.17) is 0 Å². The Bertz CT molecular complexity index is 1880. The summed E-state index contributed by atoms with van der Waals surface area (Å²) in [6.07, 6.45) is 66.8. The molecule has 0 aromatic carbocycles. The van der Waals surface area contributed by atoms with Crippen LogP contribution in [-0.4, -0.2) is 29.1 Å². The first kappa shape index (κ1) is 36.0. The molecule has 0 aromatic rings. The fourth-order valence-electron chi connectivity index (χ4n) is 15.6. The van der Waals surface area contributed by atoms with Gasteiger partial charge in [0, 0.05) is 47.1 Å². The van der Waals surface area contributed by atoms with Gasteiger partial charge in [0.25, 0.3) is 0 Å². The Morgan fingerprint density at radius 2 is 1.59 bits per heavy atom. The molecule has 0 heterocycles. The van der Waals surface area contributed by atoms with Crippen molar-refractivity contribution in [2.24, 2.45) is 46.8 Å². The molecule has 0 aliphatic heterocycles. The first-order valence-corrected chi connectivity index (χ1v) is 23.9. The van der Waals surface area contributed by atoms with Crippen LogP contribution in [0.3, 0.4) is 0 Å². The molecule has 0 bridgehead atoms. The Morgan fingerprint density at radius 3 is 2.48 bits per heavy atom. The maximum absolute atomic E-state index is 4.25. The predicted octanol–water partition coefficient (Wildman–Crippen LogP) is 12.9. The lowest BCUT2D eigenvalue weighted by atomic mass is 9.55. The summed E-state index contributed by atoms with van der Waals surface area (Å²) in [4.78, 5) is 3.07. The number of nitrogens with zero attached hydrogens (tertiary/aromatic N) is 1. The molecular formula is C54H68N2. The summed E-state index contributed by atoms with van der Waals surface area (Å²) in [6, 6.07) is 2.23. The Morgan fingerprint density at radius 1 is 0.679 bits per heavy atom. The molecule has 11 aliphatic carbocycles. The van der Waals surface area contributed by atoms with E-state index in [9.17, 15) is 0 Å². The maximum atomic E-state index is 4.25. The molecule has 0 saturated heterocycles. The molecule has 0 aromatic heterocycles. The van der Waals surface area contributed by atoms with Gasteiger partial charge in [-0.15, -0.1) is 0 Å². The summed E-state index contributed by atoms with van der Waals surface area (Å²) in [6.45, 7) is 0. The maximum Gasteiger partial charge on any atom is 0.0476 e. The van der Waals surface area contributed by atoms with Crippen LogP contribution in [0.1, 0.15) is 128 Å². The normalized spacial score (nSPS) is 42.2. The van der Waals surface area contributed by atoms with E-state index in [1.165, 1.54) is 122 Å². The van der Waals surface area contributed by atoms with Crippen molar-refractivity contribution in [2.45, 2.75) is 153 Å². The van der Waals surface area contributed by atoms with Gasteiger partial charge in [0.1, 0.15) is 0 Å². The standard InChI is InChI=1S/C54H68N2/c1-3-20-38(21-4-1)55-51-32-15-11-26-44(51)45-28-17-31-49-53(45)46-27-10-14-30-48(46)54(49)47-29-13-9-25-42(47)43-35-34-40(36-50(43)54)56(39-22-5-2-6-23-39)52-33-16-12-24-41(52)37-18-7-8-19-37/h1,3,5,7-8,10,14-16,18,22,27-28,30,32-33,38-40,42-44,46-48,50-51,55H,2,4,6,9,11-13,17,19-21,23-26,29,31,34-36H2. The summed E-state index contributed by atoms with van der Waals surface area (Å²) in [5, 5.41) is 4.25. The molecule has 1 spiro atoms. The first-order valence-electron chi connectivity index (χ1n) is 23.9. The Kier molecular flexibility index (Phi) is 9.81. The van der Waals surface area contributed by atoms with Crippen molar-refractivity contribution in [2.75, 3.05) is 0 Å². The second kappa shape index (κ2) is 15.3. The van der Waals surface area contributed by atoms with Crippen molar-refractivity contribution in [1.82, 2.24) is 10.2 Å². The molecule has 2 heteroatoms. The van der Waals surface area contributed by atoms with Crippen molar-refractivity contribution in [1.29, 1.82) is 0 Å². The molecule has 12 atom stereocenters. The van der Waals surface area contributed by atoms with Crippen LogP contribution in [0, 0.1) is 46.8 Å². The quantitative estimate of drug-likeness (QED) is 0.261. The van der Waals surface area contributed by atoms with E-state index in [2.05, 4.69) is 107 Å². The Labute approximate surface area is 339 Å². The second-order valence-electron chi connectivity index (χ2n) is 19.9. The van der Waals surface area contributed by atoms with Gasteiger partial charge in [-0.2, -0.15) is 0 Å². The Balaban J connectivity index is 1.01. The van der Waals surface area contributed by atoms with Crippen molar-refractivity contribution < 1.29 is 0 Å². The number of rotatable bonds is 7. The molecular weight excluding hydrogens is 677 g/mol. The third kappa shape index (κ3) is 5.87. The van der Waals surface area contributed by atoms with Gasteiger partial charge in [-0.1, -0.05) is 110 Å². The van der Waals surface area contributed by atoms with Crippen LogP contribution in [0.5, 0.6) is 0 Å². The van der Waals surface area contributed by atoms with Crippen LogP contribution < -0.4 is 5.32 Å². The van der Waals surface area contributed by atoms with Crippen molar-refractivity contribution in [3.63, 3.8) is 0 Å². The molecule has 12 unspecified atom stereocenters. The highest BCUT2D eigenvalue weighted by Gasteiger charge is 2.69. The minimum Gasteiger partial charge on any atom is -0.362 e. The van der Waals surface area contributed by atoms with Gasteiger partial charge in [0.15, 0.2) is 0 Å². The lowest BCUT2D eigenvalue weighted by Crippen LogP contribution is -2.49. The van der Waals surface area contributed by atoms with Crippen LogP contribution in [0.25, 0.3) is 0 Å². The minimum atomic E-state index is 0.322. The van der Waals surface area contributed by atoms with Gasteiger partial charge in [-0.3, -0.25) is 0 Å². The lowest BCUT2D eigenvalue weighted by molar-refractivity contribution is 0.0387. The van der Waals surface area contributed by atoms with E-state index in [-0.39, 0.29) is 0 Å². The highest BCUT2D eigenvalue weighted by atomic mass is 15.2. The monoisotopic (exact) mass is 745 g/mol. The molecule has 294 valence electrons. The summed E-state index contributed by atoms with van der Waals surface area (Å²) in [5.74, 6) is 5.25. The fourth-order valence-corrected chi connectivity index (χ4v) is 15.6. The largest absolute Gasteiger partial charge is 0.362 e.